The van der Waals surface area contributed by atoms with Crippen LogP contribution in [-0.2, 0) is 20.4 Å². The van der Waals surface area contributed by atoms with Gasteiger partial charge < -0.3 is 21.5 Å². The zero-order valence-electron chi connectivity index (χ0n) is 9.97. The van der Waals surface area contributed by atoms with E-state index in [1.54, 1.807) is 6.92 Å². The lowest BCUT2D eigenvalue weighted by Crippen LogP contribution is -2.48. The molecule has 0 bridgehead atoms. The molecular weight excluding hydrogens is 262 g/mol. The molecule has 0 rings (SSSR count). The quantitative estimate of drug-likeness (QED) is 0.423. The van der Waals surface area contributed by atoms with Gasteiger partial charge in [-0.25, -0.2) is 9.59 Å². The van der Waals surface area contributed by atoms with Crippen LogP contribution in [0.25, 0.3) is 0 Å². The van der Waals surface area contributed by atoms with Gasteiger partial charge >= 0.3 is 12.0 Å². The molecule has 5 N–H and O–H groups in total. The molecule has 0 saturated carbocycles. The van der Waals surface area contributed by atoms with Crippen LogP contribution in [0.15, 0.2) is 0 Å². The number of hydrogen-bond donors (Lipinski definition) is 4. The van der Waals surface area contributed by atoms with Gasteiger partial charge in [0.25, 0.3) is 0 Å². The molecule has 0 aliphatic rings. The number of aliphatic carboxylic acids is 1. The number of carbonyl (C=O) groups excluding carboxylic acids is 2. The minimum Gasteiger partial charge on any atom is -0.480 e. The van der Waals surface area contributed by atoms with Crippen molar-refractivity contribution < 1.29 is 23.7 Å². The van der Waals surface area contributed by atoms with E-state index in [4.69, 9.17) is 10.8 Å². The molecule has 0 aliphatic heterocycles. The highest BCUT2D eigenvalue weighted by atomic mass is 32.2. The molecule has 3 amide bonds. The van der Waals surface area contributed by atoms with Crippen molar-refractivity contribution in [2.45, 2.75) is 19.4 Å². The monoisotopic (exact) mass is 279 g/mol. The zero-order valence-corrected chi connectivity index (χ0v) is 10.8. The number of nitrogens with two attached hydrogens (primary N) is 1. The van der Waals surface area contributed by atoms with Crippen LogP contribution >= 0.6 is 0 Å². The minimum atomic E-state index is -1.36. The zero-order chi connectivity index (χ0) is 14.1. The number of amides is 3. The molecule has 0 aromatic heterocycles. The molecule has 18 heavy (non-hydrogen) atoms. The molecule has 0 aromatic carbocycles. The van der Waals surface area contributed by atoms with E-state index in [-0.39, 0.29) is 12.3 Å². The number of carbonyl (C=O) groups is 3. The molecule has 0 heterocycles. The van der Waals surface area contributed by atoms with E-state index in [9.17, 15) is 18.6 Å². The first-order valence-corrected chi connectivity index (χ1v) is 6.76. The number of carboxylic acid groups (broad SMARTS) is 1. The summed E-state index contributed by atoms with van der Waals surface area (Å²) in [5.41, 5.74) is 4.85. The maximum Gasteiger partial charge on any atom is 0.326 e. The van der Waals surface area contributed by atoms with Crippen molar-refractivity contribution in [1.82, 2.24) is 10.6 Å². The average molecular weight is 279 g/mol. The first-order valence-electron chi connectivity index (χ1n) is 5.27. The van der Waals surface area contributed by atoms with E-state index in [1.165, 1.54) is 0 Å². The van der Waals surface area contributed by atoms with Gasteiger partial charge in [-0.05, 0) is 0 Å². The third kappa shape index (κ3) is 7.60. The summed E-state index contributed by atoms with van der Waals surface area (Å²) in [4.78, 5) is 32.6. The molecule has 1 unspecified atom stereocenters. The number of hydrogen-bond acceptors (Lipinski definition) is 4. The summed E-state index contributed by atoms with van der Waals surface area (Å²) in [6, 6.07) is -2.10. The molecule has 0 spiro atoms. The van der Waals surface area contributed by atoms with Crippen LogP contribution in [-0.4, -0.2) is 51.3 Å². The Labute approximate surface area is 107 Å². The van der Waals surface area contributed by atoms with Gasteiger partial charge in [-0.15, -0.1) is 0 Å². The summed E-state index contributed by atoms with van der Waals surface area (Å²) in [6.07, 6.45) is -0.482. The Balaban J connectivity index is 4.06. The largest absolute Gasteiger partial charge is 0.480 e. The second kappa shape index (κ2) is 8.45. The van der Waals surface area contributed by atoms with E-state index in [0.717, 1.165) is 0 Å². The SMILES string of the molecule is CCS(=O)CCNC(=O)N[C@@H](CC(N)=O)C(=O)O. The summed E-state index contributed by atoms with van der Waals surface area (Å²) in [5, 5.41) is 13.2. The normalized spacial score (nSPS) is 13.4. The number of urea groups is 1. The van der Waals surface area contributed by atoms with Gasteiger partial charge in [0.1, 0.15) is 6.04 Å². The van der Waals surface area contributed by atoms with Crippen LogP contribution in [0.2, 0.25) is 0 Å². The van der Waals surface area contributed by atoms with Crippen molar-refractivity contribution in [2.24, 2.45) is 5.73 Å². The molecule has 8 nitrogen and oxygen atoms in total. The summed E-state index contributed by atoms with van der Waals surface area (Å²) >= 11 is 0. The lowest BCUT2D eigenvalue weighted by molar-refractivity contribution is -0.140. The van der Waals surface area contributed by atoms with Crippen molar-refractivity contribution in [3.8, 4) is 0 Å². The minimum absolute atomic E-state index is 0.162. The van der Waals surface area contributed by atoms with E-state index in [2.05, 4.69) is 10.6 Å². The van der Waals surface area contributed by atoms with E-state index in [0.29, 0.717) is 5.75 Å². The molecule has 0 aromatic rings. The molecule has 2 atom stereocenters. The van der Waals surface area contributed by atoms with Gasteiger partial charge in [-0.1, -0.05) is 6.92 Å². The first-order chi connectivity index (χ1) is 8.36. The van der Waals surface area contributed by atoms with Crippen LogP contribution < -0.4 is 16.4 Å². The third-order valence-corrected chi connectivity index (χ3v) is 3.25. The predicted octanol–water partition coefficient (Wildman–Crippen LogP) is -1.62. The Kier molecular flexibility index (Phi) is 7.68. The lowest BCUT2D eigenvalue weighted by atomic mass is 10.2. The van der Waals surface area contributed by atoms with Crippen LogP contribution in [0.3, 0.4) is 0 Å². The van der Waals surface area contributed by atoms with Crippen molar-refractivity contribution in [3.05, 3.63) is 0 Å². The highest BCUT2D eigenvalue weighted by Crippen LogP contribution is 1.91. The first kappa shape index (κ1) is 16.4. The standard InChI is InChI=1S/C9H17N3O5S/c1-2-18(17)4-3-11-9(16)12-6(8(14)15)5-7(10)13/h6H,2-5H2,1H3,(H2,10,13)(H,14,15)(H2,11,12,16)/t6-,18?/m0/s1. The van der Waals surface area contributed by atoms with Crippen molar-refractivity contribution in [1.29, 1.82) is 0 Å². The average Bonchev–Trinajstić information content (AvgIpc) is 2.27. The fourth-order valence-electron chi connectivity index (χ4n) is 1.03. The molecular formula is C9H17N3O5S. The van der Waals surface area contributed by atoms with E-state index >= 15 is 0 Å². The topological polar surface area (TPSA) is 139 Å². The summed E-state index contributed by atoms with van der Waals surface area (Å²) in [7, 11) is -1.01. The molecule has 104 valence electrons. The Morgan fingerprint density at radius 2 is 2.00 bits per heavy atom. The Morgan fingerprint density at radius 1 is 1.39 bits per heavy atom. The summed E-state index contributed by atoms with van der Waals surface area (Å²) in [5.74, 6) is -1.39. The Hall–Kier alpha value is -1.64. The second-order valence-electron chi connectivity index (χ2n) is 3.39. The molecule has 9 heteroatoms. The van der Waals surface area contributed by atoms with Crippen molar-refractivity contribution >= 4 is 28.7 Å². The third-order valence-electron chi connectivity index (χ3n) is 1.95. The van der Waals surface area contributed by atoms with Gasteiger partial charge in [0, 0.05) is 28.9 Å². The highest BCUT2D eigenvalue weighted by molar-refractivity contribution is 7.84. The van der Waals surface area contributed by atoms with Gasteiger partial charge in [-0.3, -0.25) is 9.00 Å². The van der Waals surface area contributed by atoms with Crippen LogP contribution in [0.4, 0.5) is 4.79 Å². The molecule has 0 fully saturated rings. The summed E-state index contributed by atoms with van der Waals surface area (Å²) in [6.45, 7) is 1.92. The van der Waals surface area contributed by atoms with Crippen LogP contribution in [0, 0.1) is 0 Å². The Morgan fingerprint density at radius 3 is 2.44 bits per heavy atom. The van der Waals surface area contributed by atoms with Crippen molar-refractivity contribution in [2.75, 3.05) is 18.1 Å². The van der Waals surface area contributed by atoms with Crippen molar-refractivity contribution in [3.63, 3.8) is 0 Å². The fraction of sp³-hybridized carbons (Fsp3) is 0.667. The van der Waals surface area contributed by atoms with Gasteiger partial charge in [0.05, 0.1) is 6.42 Å². The molecule has 0 saturated heterocycles. The second-order valence-corrected chi connectivity index (χ2v) is 5.26. The van der Waals surface area contributed by atoms with E-state index < -0.39 is 41.2 Å². The van der Waals surface area contributed by atoms with Gasteiger partial charge in [-0.2, -0.15) is 0 Å². The number of nitrogens with one attached hydrogen (secondary N) is 2. The predicted molar refractivity (Wildman–Crippen MR) is 65.3 cm³/mol. The van der Waals surface area contributed by atoms with Gasteiger partial charge in [0.2, 0.25) is 5.91 Å². The lowest BCUT2D eigenvalue weighted by Gasteiger charge is -2.13. The number of rotatable bonds is 8. The Bertz CT molecular complexity index is 347. The maximum atomic E-state index is 11.3. The number of primary amides is 1. The van der Waals surface area contributed by atoms with Crippen LogP contribution in [0.5, 0.6) is 0 Å². The van der Waals surface area contributed by atoms with E-state index in [1.807, 2.05) is 0 Å². The maximum absolute atomic E-state index is 11.3. The van der Waals surface area contributed by atoms with Crippen LogP contribution in [0.1, 0.15) is 13.3 Å². The fourth-order valence-corrected chi connectivity index (χ4v) is 1.65. The molecule has 0 radical (unpaired) electrons. The molecule has 0 aliphatic carbocycles. The summed E-state index contributed by atoms with van der Waals surface area (Å²) < 4.78 is 11.1. The van der Waals surface area contributed by atoms with Gasteiger partial charge in [0.15, 0.2) is 0 Å². The number of carboxylic acids is 1. The smallest absolute Gasteiger partial charge is 0.326 e. The highest BCUT2D eigenvalue weighted by Gasteiger charge is 2.21.